The summed E-state index contributed by atoms with van der Waals surface area (Å²) < 4.78 is 0. The van der Waals surface area contributed by atoms with Gasteiger partial charge in [0, 0.05) is 22.7 Å². The maximum atomic E-state index is 12.1. The van der Waals surface area contributed by atoms with Gasteiger partial charge in [-0.05, 0) is 30.7 Å². The number of hydrogen-bond acceptors (Lipinski definition) is 2. The first-order chi connectivity index (χ1) is 8.83. The fraction of sp³-hybridized carbons (Fsp3) is 0.357. The lowest BCUT2D eigenvalue weighted by atomic mass is 10.2. The van der Waals surface area contributed by atoms with E-state index >= 15 is 0 Å². The third kappa shape index (κ3) is 2.38. The molecule has 2 heterocycles. The molecule has 1 unspecified atom stereocenters. The van der Waals surface area contributed by atoms with Gasteiger partial charge in [0.2, 0.25) is 0 Å². The molecule has 1 aromatic carbocycles. The predicted molar refractivity (Wildman–Crippen MR) is 76.1 cm³/mol. The second-order valence-electron chi connectivity index (χ2n) is 4.66. The van der Waals surface area contributed by atoms with E-state index in [1.54, 1.807) is 0 Å². The van der Waals surface area contributed by atoms with E-state index in [1.807, 2.05) is 42.1 Å². The minimum atomic E-state index is 0.0127. The number of thioether (sulfide) groups is 1. The molecule has 1 aliphatic rings. The van der Waals surface area contributed by atoms with E-state index in [1.165, 1.54) is 12.2 Å². The Bertz CT molecular complexity index is 525. The number of carbonyl (C=O) groups is 1. The lowest BCUT2D eigenvalue weighted by Gasteiger charge is -2.22. The monoisotopic (exact) mass is 260 g/mol. The molecule has 18 heavy (non-hydrogen) atoms. The van der Waals surface area contributed by atoms with Crippen molar-refractivity contribution in [3.05, 3.63) is 36.0 Å². The fourth-order valence-corrected chi connectivity index (χ4v) is 3.39. The van der Waals surface area contributed by atoms with Crippen molar-refractivity contribution in [1.82, 2.24) is 10.3 Å². The number of para-hydroxylation sites is 1. The van der Waals surface area contributed by atoms with Crippen molar-refractivity contribution in [3.8, 4) is 0 Å². The number of amides is 1. The van der Waals surface area contributed by atoms with E-state index in [-0.39, 0.29) is 5.91 Å². The summed E-state index contributed by atoms with van der Waals surface area (Å²) in [4.78, 5) is 15.3. The zero-order chi connectivity index (χ0) is 12.4. The van der Waals surface area contributed by atoms with Crippen LogP contribution in [-0.4, -0.2) is 28.4 Å². The molecule has 3 nitrogen and oxygen atoms in total. The number of aromatic nitrogens is 1. The standard InChI is InChI=1S/C14H16N2OS/c17-14(15-11-5-3-7-18-9-11)13-8-10-4-1-2-6-12(10)16-13/h1-2,4,6,8,11,16H,3,5,7,9H2,(H,15,17). The number of benzene rings is 1. The van der Waals surface area contributed by atoms with E-state index in [4.69, 9.17) is 0 Å². The molecular weight excluding hydrogens is 244 g/mol. The number of fused-ring (bicyclic) bond motifs is 1. The highest BCUT2D eigenvalue weighted by Gasteiger charge is 2.17. The Kier molecular flexibility index (Phi) is 3.28. The van der Waals surface area contributed by atoms with Gasteiger partial charge in [-0.15, -0.1) is 0 Å². The summed E-state index contributed by atoms with van der Waals surface area (Å²) in [5, 5.41) is 4.19. The maximum Gasteiger partial charge on any atom is 0.267 e. The van der Waals surface area contributed by atoms with Gasteiger partial charge in [0.15, 0.2) is 0 Å². The van der Waals surface area contributed by atoms with Crippen molar-refractivity contribution >= 4 is 28.6 Å². The summed E-state index contributed by atoms with van der Waals surface area (Å²) in [5.74, 6) is 2.27. The van der Waals surface area contributed by atoms with E-state index in [0.717, 1.165) is 23.1 Å². The van der Waals surface area contributed by atoms with Crippen LogP contribution in [0.5, 0.6) is 0 Å². The Balaban J connectivity index is 1.74. The van der Waals surface area contributed by atoms with Crippen molar-refractivity contribution in [1.29, 1.82) is 0 Å². The molecule has 1 saturated heterocycles. The number of carbonyl (C=O) groups excluding carboxylic acids is 1. The molecule has 1 amide bonds. The molecule has 1 aliphatic heterocycles. The molecule has 0 radical (unpaired) electrons. The average Bonchev–Trinajstić information content (AvgIpc) is 2.84. The van der Waals surface area contributed by atoms with Crippen LogP contribution in [-0.2, 0) is 0 Å². The molecule has 2 N–H and O–H groups in total. The van der Waals surface area contributed by atoms with Crippen LogP contribution in [0.25, 0.3) is 10.9 Å². The van der Waals surface area contributed by atoms with Crippen molar-refractivity contribution in [2.24, 2.45) is 0 Å². The van der Waals surface area contributed by atoms with Gasteiger partial charge in [0.1, 0.15) is 5.69 Å². The Labute approximate surface area is 110 Å². The van der Waals surface area contributed by atoms with E-state index in [0.29, 0.717) is 11.7 Å². The number of hydrogen-bond donors (Lipinski definition) is 2. The predicted octanol–water partition coefficient (Wildman–Crippen LogP) is 2.79. The number of rotatable bonds is 2. The van der Waals surface area contributed by atoms with Gasteiger partial charge in [-0.3, -0.25) is 4.79 Å². The summed E-state index contributed by atoms with van der Waals surface area (Å²) in [6, 6.07) is 10.2. The highest BCUT2D eigenvalue weighted by molar-refractivity contribution is 7.99. The van der Waals surface area contributed by atoms with Crippen LogP contribution in [0, 0.1) is 0 Å². The molecule has 2 aromatic rings. The van der Waals surface area contributed by atoms with E-state index in [9.17, 15) is 4.79 Å². The van der Waals surface area contributed by atoms with Crippen LogP contribution in [0.15, 0.2) is 30.3 Å². The minimum Gasteiger partial charge on any atom is -0.351 e. The Morgan fingerprint density at radius 3 is 3.06 bits per heavy atom. The largest absolute Gasteiger partial charge is 0.351 e. The van der Waals surface area contributed by atoms with Gasteiger partial charge in [0.25, 0.3) is 5.91 Å². The minimum absolute atomic E-state index is 0.0127. The zero-order valence-electron chi connectivity index (χ0n) is 10.1. The highest BCUT2D eigenvalue weighted by Crippen LogP contribution is 2.18. The summed E-state index contributed by atoms with van der Waals surface area (Å²) in [7, 11) is 0. The SMILES string of the molecule is O=C(NC1CCCSC1)c1cc2ccccc2[nH]1. The number of H-pyrrole nitrogens is 1. The van der Waals surface area contributed by atoms with Crippen molar-refractivity contribution in [3.63, 3.8) is 0 Å². The first-order valence-electron chi connectivity index (χ1n) is 6.29. The molecule has 1 fully saturated rings. The molecule has 0 spiro atoms. The smallest absolute Gasteiger partial charge is 0.267 e. The molecule has 0 bridgehead atoms. The van der Waals surface area contributed by atoms with Crippen LogP contribution in [0.2, 0.25) is 0 Å². The molecule has 1 aromatic heterocycles. The van der Waals surface area contributed by atoms with Gasteiger partial charge in [-0.2, -0.15) is 11.8 Å². The lowest BCUT2D eigenvalue weighted by molar-refractivity contribution is 0.0934. The van der Waals surface area contributed by atoms with Crippen molar-refractivity contribution in [2.75, 3.05) is 11.5 Å². The van der Waals surface area contributed by atoms with Gasteiger partial charge in [-0.1, -0.05) is 18.2 Å². The van der Waals surface area contributed by atoms with Crippen LogP contribution < -0.4 is 5.32 Å². The molecular formula is C14H16N2OS. The molecule has 1 atom stereocenters. The fourth-order valence-electron chi connectivity index (χ4n) is 2.31. The Morgan fingerprint density at radius 1 is 1.39 bits per heavy atom. The van der Waals surface area contributed by atoms with Crippen molar-refractivity contribution < 1.29 is 4.79 Å². The summed E-state index contributed by atoms with van der Waals surface area (Å²) in [6.07, 6.45) is 2.29. The molecule has 94 valence electrons. The molecule has 4 heteroatoms. The number of nitrogens with one attached hydrogen (secondary N) is 2. The molecule has 3 rings (SSSR count). The Morgan fingerprint density at radius 2 is 2.28 bits per heavy atom. The van der Waals surface area contributed by atoms with E-state index in [2.05, 4.69) is 10.3 Å². The van der Waals surface area contributed by atoms with Crippen LogP contribution in [0.1, 0.15) is 23.3 Å². The first-order valence-corrected chi connectivity index (χ1v) is 7.45. The van der Waals surface area contributed by atoms with Gasteiger partial charge >= 0.3 is 0 Å². The second kappa shape index (κ2) is 5.06. The zero-order valence-corrected chi connectivity index (χ0v) is 10.9. The first kappa shape index (κ1) is 11.7. The summed E-state index contributed by atoms with van der Waals surface area (Å²) in [6.45, 7) is 0. The van der Waals surface area contributed by atoms with Gasteiger partial charge in [0.05, 0.1) is 0 Å². The topological polar surface area (TPSA) is 44.9 Å². The number of aromatic amines is 1. The quantitative estimate of drug-likeness (QED) is 0.872. The Hall–Kier alpha value is -1.42. The molecule has 0 saturated carbocycles. The van der Waals surface area contributed by atoms with Crippen LogP contribution in [0.3, 0.4) is 0 Å². The normalized spacial score (nSPS) is 19.9. The molecule has 0 aliphatic carbocycles. The lowest BCUT2D eigenvalue weighted by Crippen LogP contribution is -2.38. The summed E-state index contributed by atoms with van der Waals surface area (Å²) >= 11 is 1.92. The second-order valence-corrected chi connectivity index (χ2v) is 5.81. The van der Waals surface area contributed by atoms with Crippen LogP contribution in [0.4, 0.5) is 0 Å². The third-order valence-corrected chi connectivity index (χ3v) is 4.49. The third-order valence-electron chi connectivity index (χ3n) is 3.27. The van der Waals surface area contributed by atoms with E-state index < -0.39 is 0 Å². The van der Waals surface area contributed by atoms with Gasteiger partial charge < -0.3 is 10.3 Å². The van der Waals surface area contributed by atoms with Crippen LogP contribution >= 0.6 is 11.8 Å². The van der Waals surface area contributed by atoms with Crippen molar-refractivity contribution in [2.45, 2.75) is 18.9 Å². The maximum absolute atomic E-state index is 12.1. The average molecular weight is 260 g/mol. The summed E-state index contributed by atoms with van der Waals surface area (Å²) in [5.41, 5.74) is 1.67. The van der Waals surface area contributed by atoms with Gasteiger partial charge in [-0.25, -0.2) is 0 Å². The highest BCUT2D eigenvalue weighted by atomic mass is 32.2.